The topological polar surface area (TPSA) is 25.8 Å². The van der Waals surface area contributed by atoms with Crippen LogP contribution >= 0.6 is 11.3 Å². The minimum atomic E-state index is 0.714. The fourth-order valence-electron chi connectivity index (χ4n) is 8.45. The van der Waals surface area contributed by atoms with Crippen molar-refractivity contribution in [3.63, 3.8) is 0 Å². The maximum absolute atomic E-state index is 5.05. The molecule has 2 heterocycles. The van der Waals surface area contributed by atoms with Crippen molar-refractivity contribution in [1.82, 2.24) is 9.97 Å². The third-order valence-electron chi connectivity index (χ3n) is 11.5. The number of fused-ring (bicyclic) bond motifs is 3. The van der Waals surface area contributed by atoms with Gasteiger partial charge in [-0.25, -0.2) is 9.97 Å². The van der Waals surface area contributed by atoms with E-state index in [1.807, 2.05) is 47.7 Å². The SMILES string of the molecule is c1ccc(-c2cc(-c3ccc(-c4ccc(-c5cc(-c6ccccc6)nc(-c6ccccc6)n5)cc4)cc3)c(-c3ccccc3)c(-c3ccc4sc5ccccc5c4c3)c2)cc1. The lowest BCUT2D eigenvalue weighted by Crippen LogP contribution is -1.95. The third kappa shape index (κ3) is 7.12. The normalized spacial score (nSPS) is 11.3. The van der Waals surface area contributed by atoms with E-state index in [9.17, 15) is 0 Å². The van der Waals surface area contributed by atoms with Gasteiger partial charge in [0.15, 0.2) is 5.82 Å². The van der Waals surface area contributed by atoms with Crippen LogP contribution in [0.4, 0.5) is 0 Å². The van der Waals surface area contributed by atoms with Gasteiger partial charge in [0.1, 0.15) is 0 Å². The maximum atomic E-state index is 5.05. The number of thiophene rings is 1. The number of benzene rings is 9. The van der Waals surface area contributed by atoms with Gasteiger partial charge in [-0.2, -0.15) is 0 Å². The highest BCUT2D eigenvalue weighted by molar-refractivity contribution is 7.25. The Morgan fingerprint density at radius 2 is 0.689 bits per heavy atom. The molecule has 11 rings (SSSR count). The molecule has 0 aliphatic heterocycles. The largest absolute Gasteiger partial charge is 0.228 e. The van der Waals surface area contributed by atoms with Crippen molar-refractivity contribution in [3.8, 4) is 89.5 Å². The molecule has 0 N–H and O–H groups in total. The van der Waals surface area contributed by atoms with Crippen molar-refractivity contribution in [1.29, 1.82) is 0 Å². The molecule has 0 bridgehead atoms. The van der Waals surface area contributed by atoms with Gasteiger partial charge < -0.3 is 0 Å². The molecule has 0 aliphatic rings. The first-order chi connectivity index (χ1) is 30.2. The first-order valence-electron chi connectivity index (χ1n) is 20.6. The summed E-state index contributed by atoms with van der Waals surface area (Å²) >= 11 is 1.86. The van der Waals surface area contributed by atoms with Crippen molar-refractivity contribution in [2.75, 3.05) is 0 Å². The highest BCUT2D eigenvalue weighted by atomic mass is 32.1. The number of nitrogens with zero attached hydrogens (tertiary/aromatic N) is 2. The molecule has 0 atom stereocenters. The van der Waals surface area contributed by atoms with Gasteiger partial charge in [0.05, 0.1) is 11.4 Å². The molecule has 0 radical (unpaired) electrons. The predicted octanol–water partition coefficient (Wildman–Crippen LogP) is 16.2. The Balaban J connectivity index is 1.00. The Hall–Kier alpha value is -7.72. The molecule has 11 aromatic rings. The van der Waals surface area contributed by atoms with Crippen molar-refractivity contribution in [2.45, 2.75) is 0 Å². The van der Waals surface area contributed by atoms with E-state index < -0.39 is 0 Å². The quantitative estimate of drug-likeness (QED) is 0.153. The van der Waals surface area contributed by atoms with E-state index in [0.29, 0.717) is 5.82 Å². The van der Waals surface area contributed by atoms with Gasteiger partial charge in [-0.15, -0.1) is 11.3 Å². The fraction of sp³-hybridized carbons (Fsp3) is 0. The minimum absolute atomic E-state index is 0.714. The summed E-state index contributed by atoms with van der Waals surface area (Å²) in [5, 5.41) is 2.60. The molecule has 0 unspecified atom stereocenters. The van der Waals surface area contributed by atoms with Crippen LogP contribution < -0.4 is 0 Å². The molecule has 0 aliphatic carbocycles. The summed E-state index contributed by atoms with van der Waals surface area (Å²) in [6.07, 6.45) is 0. The average Bonchev–Trinajstić information content (AvgIpc) is 3.73. The van der Waals surface area contributed by atoms with Crippen molar-refractivity contribution >= 4 is 31.5 Å². The molecule has 286 valence electrons. The zero-order valence-electron chi connectivity index (χ0n) is 33.2. The molecule has 0 spiro atoms. The zero-order chi connectivity index (χ0) is 40.5. The first kappa shape index (κ1) is 36.4. The van der Waals surface area contributed by atoms with E-state index in [1.54, 1.807) is 0 Å². The number of hydrogen-bond donors (Lipinski definition) is 0. The summed E-state index contributed by atoms with van der Waals surface area (Å²) in [5.74, 6) is 0.714. The highest BCUT2D eigenvalue weighted by Gasteiger charge is 2.19. The lowest BCUT2D eigenvalue weighted by molar-refractivity contribution is 1.18. The summed E-state index contributed by atoms with van der Waals surface area (Å²) in [7, 11) is 0. The second-order valence-corrected chi connectivity index (χ2v) is 16.4. The molecule has 0 saturated carbocycles. The second kappa shape index (κ2) is 15.8. The second-order valence-electron chi connectivity index (χ2n) is 15.3. The molecule has 0 saturated heterocycles. The van der Waals surface area contributed by atoms with Crippen LogP contribution in [0.15, 0.2) is 231 Å². The molecule has 0 fully saturated rings. The van der Waals surface area contributed by atoms with Gasteiger partial charge in [0.2, 0.25) is 0 Å². The average molecular weight is 795 g/mol. The van der Waals surface area contributed by atoms with E-state index in [4.69, 9.17) is 9.97 Å². The van der Waals surface area contributed by atoms with E-state index >= 15 is 0 Å². The van der Waals surface area contributed by atoms with Crippen molar-refractivity contribution in [3.05, 3.63) is 231 Å². The van der Waals surface area contributed by atoms with Crippen LogP contribution in [0, 0.1) is 0 Å². The van der Waals surface area contributed by atoms with Crippen molar-refractivity contribution in [2.24, 2.45) is 0 Å². The first-order valence-corrected chi connectivity index (χ1v) is 21.5. The predicted molar refractivity (Wildman–Crippen MR) is 258 cm³/mol. The molecule has 0 amide bonds. The van der Waals surface area contributed by atoms with Crippen LogP contribution in [0.2, 0.25) is 0 Å². The Morgan fingerprint density at radius 1 is 0.262 bits per heavy atom. The molecule has 61 heavy (non-hydrogen) atoms. The molecule has 2 aromatic heterocycles. The van der Waals surface area contributed by atoms with Gasteiger partial charge in [-0.05, 0) is 92.0 Å². The van der Waals surface area contributed by atoms with Crippen LogP contribution in [-0.2, 0) is 0 Å². The van der Waals surface area contributed by atoms with E-state index in [-0.39, 0.29) is 0 Å². The van der Waals surface area contributed by atoms with E-state index in [2.05, 4.69) is 194 Å². The fourth-order valence-corrected chi connectivity index (χ4v) is 9.53. The molecule has 9 aromatic carbocycles. The van der Waals surface area contributed by atoms with Crippen LogP contribution in [0.25, 0.3) is 110 Å². The Kier molecular flexibility index (Phi) is 9.42. The molecular weight excluding hydrogens is 757 g/mol. The Bertz CT molecular complexity index is 3250. The van der Waals surface area contributed by atoms with Gasteiger partial charge in [0.25, 0.3) is 0 Å². The van der Waals surface area contributed by atoms with Gasteiger partial charge in [-0.1, -0.05) is 194 Å². The smallest absolute Gasteiger partial charge is 0.160 e. The number of hydrogen-bond acceptors (Lipinski definition) is 3. The lowest BCUT2D eigenvalue weighted by atomic mass is 9.84. The Morgan fingerprint density at radius 3 is 1.31 bits per heavy atom. The third-order valence-corrected chi connectivity index (χ3v) is 12.7. The van der Waals surface area contributed by atoms with Crippen LogP contribution in [-0.4, -0.2) is 9.97 Å². The molecule has 2 nitrogen and oxygen atoms in total. The summed E-state index contributed by atoms with van der Waals surface area (Å²) in [6, 6.07) is 82.5. The van der Waals surface area contributed by atoms with Gasteiger partial charge >= 0.3 is 0 Å². The summed E-state index contributed by atoms with van der Waals surface area (Å²) in [4.78, 5) is 10.0. The van der Waals surface area contributed by atoms with Crippen LogP contribution in [0.5, 0.6) is 0 Å². The summed E-state index contributed by atoms with van der Waals surface area (Å²) in [5.41, 5.74) is 16.8. The Labute approximate surface area is 359 Å². The minimum Gasteiger partial charge on any atom is -0.228 e. The van der Waals surface area contributed by atoms with E-state index in [1.165, 1.54) is 64.7 Å². The summed E-state index contributed by atoms with van der Waals surface area (Å²) in [6.45, 7) is 0. The van der Waals surface area contributed by atoms with Gasteiger partial charge in [0, 0.05) is 36.9 Å². The van der Waals surface area contributed by atoms with E-state index in [0.717, 1.165) is 39.2 Å². The molecular formula is C58H38N2S. The van der Waals surface area contributed by atoms with Crippen molar-refractivity contribution < 1.29 is 0 Å². The number of rotatable bonds is 8. The maximum Gasteiger partial charge on any atom is 0.160 e. The monoisotopic (exact) mass is 794 g/mol. The van der Waals surface area contributed by atoms with Crippen LogP contribution in [0.1, 0.15) is 0 Å². The standard InChI is InChI=1S/C58H38N2S/c1-5-15-39(16-6-1)48-36-50(57(45-19-9-3-10-20-45)51(37-48)47-33-34-56-52(35-47)49-23-13-14-24-55(49)61-56)42-29-25-40(26-30-42)41-27-31-44(32-28-41)54-38-53(43-17-7-2-8-18-43)59-58(60-54)46-21-11-4-12-22-46/h1-38H. The zero-order valence-corrected chi connectivity index (χ0v) is 34.1. The summed E-state index contributed by atoms with van der Waals surface area (Å²) < 4.78 is 2.62. The highest BCUT2D eigenvalue weighted by Crippen LogP contribution is 2.45. The number of aromatic nitrogens is 2. The molecule has 3 heteroatoms. The van der Waals surface area contributed by atoms with Gasteiger partial charge in [-0.3, -0.25) is 0 Å². The van der Waals surface area contributed by atoms with Crippen LogP contribution in [0.3, 0.4) is 0 Å². The lowest BCUT2D eigenvalue weighted by Gasteiger charge is -2.19.